The second-order valence-electron chi connectivity index (χ2n) is 5.99. The van der Waals surface area contributed by atoms with Gasteiger partial charge in [0.05, 0.1) is 20.0 Å². The van der Waals surface area contributed by atoms with Crippen LogP contribution in [0, 0.1) is 0 Å². The molecule has 2 aromatic carbocycles. The zero-order valence-corrected chi connectivity index (χ0v) is 18.4. The van der Waals surface area contributed by atoms with Gasteiger partial charge in [-0.1, -0.05) is 35.3 Å². The van der Waals surface area contributed by atoms with E-state index in [2.05, 4.69) is 5.32 Å². The van der Waals surface area contributed by atoms with Gasteiger partial charge in [0.1, 0.15) is 12.7 Å². The number of hydrogen-bond acceptors (Lipinski definition) is 6. The zero-order chi connectivity index (χ0) is 21.2. The highest BCUT2D eigenvalue weighted by Crippen LogP contribution is 2.36. The molecule has 2 rings (SSSR count). The van der Waals surface area contributed by atoms with Crippen molar-refractivity contribution in [3.63, 3.8) is 0 Å². The summed E-state index contributed by atoms with van der Waals surface area (Å²) in [6.07, 6.45) is -0.885. The van der Waals surface area contributed by atoms with Crippen LogP contribution in [0.3, 0.4) is 0 Å². The Morgan fingerprint density at radius 1 is 1.17 bits per heavy atom. The quantitative estimate of drug-likeness (QED) is 0.531. The van der Waals surface area contributed by atoms with Crippen molar-refractivity contribution in [3.8, 4) is 17.2 Å². The summed E-state index contributed by atoms with van der Waals surface area (Å²) in [5, 5.41) is 13.9. The van der Waals surface area contributed by atoms with Crippen LogP contribution in [0.1, 0.15) is 5.56 Å². The van der Waals surface area contributed by atoms with Crippen LogP contribution in [-0.4, -0.2) is 50.2 Å². The number of nitrogens with one attached hydrogen (secondary N) is 1. The SMILES string of the molecule is COc1cccc(OC)c1OCC(O)CNC(=O)CSCc1ccc(Cl)cc1Cl. The average Bonchev–Trinajstić information content (AvgIpc) is 2.71. The van der Waals surface area contributed by atoms with Gasteiger partial charge in [0.15, 0.2) is 11.5 Å². The molecule has 1 amide bonds. The summed E-state index contributed by atoms with van der Waals surface area (Å²) in [7, 11) is 3.04. The van der Waals surface area contributed by atoms with Gasteiger partial charge in [0, 0.05) is 22.3 Å². The predicted octanol–water partition coefficient (Wildman–Crippen LogP) is 3.80. The lowest BCUT2D eigenvalue weighted by Crippen LogP contribution is -2.36. The van der Waals surface area contributed by atoms with Gasteiger partial charge in [0.25, 0.3) is 0 Å². The fourth-order valence-corrected chi connectivity index (χ4v) is 3.79. The van der Waals surface area contributed by atoms with Gasteiger partial charge >= 0.3 is 0 Å². The number of methoxy groups -OCH3 is 2. The van der Waals surface area contributed by atoms with Gasteiger partial charge < -0.3 is 24.6 Å². The molecule has 9 heteroatoms. The minimum atomic E-state index is -0.885. The van der Waals surface area contributed by atoms with E-state index in [-0.39, 0.29) is 24.8 Å². The van der Waals surface area contributed by atoms with Crippen LogP contribution in [-0.2, 0) is 10.5 Å². The normalized spacial score (nSPS) is 11.6. The number of aliphatic hydroxyl groups excluding tert-OH is 1. The maximum Gasteiger partial charge on any atom is 0.230 e. The smallest absolute Gasteiger partial charge is 0.230 e. The maximum absolute atomic E-state index is 12.0. The fourth-order valence-electron chi connectivity index (χ4n) is 2.37. The summed E-state index contributed by atoms with van der Waals surface area (Å²) in [6, 6.07) is 10.5. The standard InChI is InChI=1S/C20H23Cl2NO5S/c1-26-17-4-3-5-18(27-2)20(17)28-10-15(24)9-23-19(25)12-29-11-13-6-7-14(21)8-16(13)22/h3-8,15,24H,9-12H2,1-2H3,(H,23,25). The maximum atomic E-state index is 12.0. The first-order valence-corrected chi connectivity index (χ1v) is 10.7. The molecule has 0 fully saturated rings. The molecule has 6 nitrogen and oxygen atoms in total. The van der Waals surface area contributed by atoms with Crippen molar-refractivity contribution in [2.24, 2.45) is 0 Å². The highest BCUT2D eigenvalue weighted by Gasteiger charge is 2.14. The molecular weight excluding hydrogens is 437 g/mol. The minimum Gasteiger partial charge on any atom is -0.493 e. The zero-order valence-electron chi connectivity index (χ0n) is 16.1. The summed E-state index contributed by atoms with van der Waals surface area (Å²) in [5.74, 6) is 2.04. The Bertz CT molecular complexity index is 799. The van der Waals surface area contributed by atoms with Crippen LogP contribution < -0.4 is 19.5 Å². The molecule has 29 heavy (non-hydrogen) atoms. The van der Waals surface area contributed by atoms with Gasteiger partial charge in [-0.2, -0.15) is 0 Å². The monoisotopic (exact) mass is 459 g/mol. The Hall–Kier alpha value is -1.80. The number of benzene rings is 2. The molecule has 0 spiro atoms. The number of halogens is 2. The molecule has 0 saturated heterocycles. The van der Waals surface area contributed by atoms with Gasteiger partial charge in [-0.25, -0.2) is 0 Å². The summed E-state index contributed by atoms with van der Waals surface area (Å²) < 4.78 is 16.1. The third kappa shape index (κ3) is 7.51. The highest BCUT2D eigenvalue weighted by atomic mass is 35.5. The van der Waals surface area contributed by atoms with Gasteiger partial charge in [-0.3, -0.25) is 4.79 Å². The lowest BCUT2D eigenvalue weighted by molar-refractivity contribution is -0.119. The number of carbonyl (C=O) groups is 1. The van der Waals surface area contributed by atoms with E-state index in [1.54, 1.807) is 30.3 Å². The molecule has 0 bridgehead atoms. The number of aliphatic hydroxyl groups is 1. The van der Waals surface area contributed by atoms with Crippen molar-refractivity contribution in [1.29, 1.82) is 0 Å². The van der Waals surface area contributed by atoms with E-state index in [1.807, 2.05) is 6.07 Å². The van der Waals surface area contributed by atoms with Crippen LogP contribution in [0.5, 0.6) is 17.2 Å². The Morgan fingerprint density at radius 2 is 1.86 bits per heavy atom. The van der Waals surface area contributed by atoms with Crippen molar-refractivity contribution >= 4 is 40.9 Å². The molecule has 2 N–H and O–H groups in total. The molecular formula is C20H23Cl2NO5S. The van der Waals surface area contributed by atoms with Crippen molar-refractivity contribution in [2.75, 3.05) is 33.1 Å². The van der Waals surface area contributed by atoms with Crippen molar-refractivity contribution in [3.05, 3.63) is 52.0 Å². The van der Waals surface area contributed by atoms with E-state index >= 15 is 0 Å². The molecule has 0 aliphatic carbocycles. The number of hydrogen-bond donors (Lipinski definition) is 2. The van der Waals surface area contributed by atoms with Crippen LogP contribution in [0.25, 0.3) is 0 Å². The van der Waals surface area contributed by atoms with E-state index in [1.165, 1.54) is 26.0 Å². The number of amides is 1. The number of para-hydroxylation sites is 1. The number of carbonyl (C=O) groups excluding carboxylic acids is 1. The molecule has 2 aromatic rings. The summed E-state index contributed by atoms with van der Waals surface area (Å²) >= 11 is 13.4. The Balaban J connectivity index is 1.72. The summed E-state index contributed by atoms with van der Waals surface area (Å²) in [5.41, 5.74) is 0.910. The first kappa shape index (κ1) is 23.5. The molecule has 0 aliphatic rings. The van der Waals surface area contributed by atoms with E-state index in [9.17, 15) is 9.90 Å². The third-order valence-electron chi connectivity index (χ3n) is 3.84. The van der Waals surface area contributed by atoms with Crippen LogP contribution in [0.4, 0.5) is 0 Å². The Kier molecular flexibility index (Phi) is 9.73. The van der Waals surface area contributed by atoms with E-state index in [0.717, 1.165) is 5.56 Å². The highest BCUT2D eigenvalue weighted by molar-refractivity contribution is 7.99. The molecule has 158 valence electrons. The minimum absolute atomic E-state index is 0.0233. The van der Waals surface area contributed by atoms with E-state index in [4.69, 9.17) is 37.4 Å². The van der Waals surface area contributed by atoms with Crippen LogP contribution in [0.15, 0.2) is 36.4 Å². The largest absolute Gasteiger partial charge is 0.493 e. The molecule has 0 saturated carbocycles. The Morgan fingerprint density at radius 3 is 2.48 bits per heavy atom. The predicted molar refractivity (Wildman–Crippen MR) is 117 cm³/mol. The second kappa shape index (κ2) is 12.0. The Labute approximate surface area is 184 Å². The average molecular weight is 460 g/mol. The third-order valence-corrected chi connectivity index (χ3v) is 5.41. The second-order valence-corrected chi connectivity index (χ2v) is 7.82. The molecule has 0 aliphatic heterocycles. The van der Waals surface area contributed by atoms with Crippen molar-refractivity contribution in [1.82, 2.24) is 5.32 Å². The van der Waals surface area contributed by atoms with Gasteiger partial charge in [0.2, 0.25) is 11.7 Å². The van der Waals surface area contributed by atoms with Crippen molar-refractivity contribution in [2.45, 2.75) is 11.9 Å². The van der Waals surface area contributed by atoms with Crippen LogP contribution >= 0.6 is 35.0 Å². The van der Waals surface area contributed by atoms with Gasteiger partial charge in [-0.05, 0) is 29.8 Å². The summed E-state index contributed by atoms with van der Waals surface area (Å²) in [6.45, 7) is 0.0447. The van der Waals surface area contributed by atoms with Crippen LogP contribution in [0.2, 0.25) is 10.0 Å². The first-order valence-electron chi connectivity index (χ1n) is 8.74. The molecule has 0 radical (unpaired) electrons. The fraction of sp³-hybridized carbons (Fsp3) is 0.350. The van der Waals surface area contributed by atoms with E-state index < -0.39 is 6.10 Å². The molecule has 1 unspecified atom stereocenters. The summed E-state index contributed by atoms with van der Waals surface area (Å²) in [4.78, 5) is 12.0. The lowest BCUT2D eigenvalue weighted by Gasteiger charge is -2.17. The first-order chi connectivity index (χ1) is 13.9. The number of thioether (sulfide) groups is 1. The topological polar surface area (TPSA) is 77.0 Å². The molecule has 0 heterocycles. The molecule has 0 aromatic heterocycles. The van der Waals surface area contributed by atoms with E-state index in [0.29, 0.717) is 33.0 Å². The number of ether oxygens (including phenoxy) is 3. The van der Waals surface area contributed by atoms with Crippen molar-refractivity contribution < 1.29 is 24.1 Å². The van der Waals surface area contributed by atoms with Gasteiger partial charge in [-0.15, -0.1) is 11.8 Å². The number of rotatable bonds is 11. The lowest BCUT2D eigenvalue weighted by atomic mass is 10.2. The molecule has 1 atom stereocenters.